The summed E-state index contributed by atoms with van der Waals surface area (Å²) in [6.45, 7) is 5.52. The summed E-state index contributed by atoms with van der Waals surface area (Å²) >= 11 is 0.854. The molecule has 0 unspecified atom stereocenters. The fraction of sp³-hybridized carbons (Fsp3) is 0.524. The van der Waals surface area contributed by atoms with Crippen molar-refractivity contribution in [3.63, 3.8) is 0 Å². The van der Waals surface area contributed by atoms with E-state index in [0.29, 0.717) is 16.5 Å². The Balaban J connectivity index is 0.000000572. The number of alkyl carbamates (subject to hydrolysis) is 1. The molecule has 2 aliphatic rings. The highest BCUT2D eigenvalue weighted by Gasteiger charge is 2.38. The van der Waals surface area contributed by atoms with E-state index in [1.54, 1.807) is 18.3 Å². The number of amides is 3. The number of hydrogen-bond acceptors (Lipinski definition) is 9. The molecule has 36 heavy (non-hydrogen) atoms. The quantitative estimate of drug-likeness (QED) is 0.421. The molecule has 0 spiro atoms. The van der Waals surface area contributed by atoms with E-state index < -0.39 is 23.7 Å². The predicted molar refractivity (Wildman–Crippen MR) is 124 cm³/mol. The summed E-state index contributed by atoms with van der Waals surface area (Å²) in [5.74, 6) is -2.70. The van der Waals surface area contributed by atoms with Gasteiger partial charge in [0.15, 0.2) is 0 Å². The first-order valence-electron chi connectivity index (χ1n) is 10.8. The Morgan fingerprint density at radius 3 is 2.25 bits per heavy atom. The van der Waals surface area contributed by atoms with Gasteiger partial charge in [-0.15, -0.1) is 0 Å². The summed E-state index contributed by atoms with van der Waals surface area (Å²) in [7, 11) is 0. The van der Waals surface area contributed by atoms with Gasteiger partial charge in [-0.3, -0.25) is 14.9 Å². The van der Waals surface area contributed by atoms with Crippen LogP contribution in [0, 0.1) is 0 Å². The first-order chi connectivity index (χ1) is 16.6. The van der Waals surface area contributed by atoms with Gasteiger partial charge in [0, 0.05) is 18.3 Å². The Morgan fingerprint density at radius 2 is 1.75 bits per heavy atom. The van der Waals surface area contributed by atoms with Crippen LogP contribution in [-0.4, -0.2) is 62.1 Å². The van der Waals surface area contributed by atoms with Gasteiger partial charge in [0.25, 0.3) is 11.1 Å². The highest BCUT2D eigenvalue weighted by atomic mass is 32.2. The number of aromatic nitrogens is 2. The molecule has 0 aromatic carbocycles. The monoisotopic (exact) mass is 533 g/mol. The number of carbonyl (C=O) groups excluding carboxylic acids is 3. The Hall–Kier alpha value is -3.36. The maximum Gasteiger partial charge on any atom is 0.490 e. The molecule has 0 atom stereocenters. The zero-order valence-electron chi connectivity index (χ0n) is 19.6. The van der Waals surface area contributed by atoms with Gasteiger partial charge >= 0.3 is 18.2 Å². The van der Waals surface area contributed by atoms with Crippen molar-refractivity contribution in [2.75, 3.05) is 5.32 Å². The SMILES string of the molecule is CC(C)(C)OC(=O)NC1CCC(Nc2nccc(/C=C3\SC(=O)NC3=O)n2)CC1.O=C(O)C(F)(F)F. The Kier molecular flexibility index (Phi) is 9.67. The Bertz CT molecular complexity index is 1020. The summed E-state index contributed by atoms with van der Waals surface area (Å²) in [6, 6.07) is 1.96. The van der Waals surface area contributed by atoms with Gasteiger partial charge in [0.1, 0.15) is 5.60 Å². The van der Waals surface area contributed by atoms with Crippen LogP contribution >= 0.6 is 11.8 Å². The fourth-order valence-electron chi connectivity index (χ4n) is 3.12. The standard InChI is InChI=1S/C19H25N5O4S.C2HF3O2/c1-19(2,3)28-17(26)23-12-6-4-11(5-7-12)21-16-20-9-8-13(22-16)10-14-15(25)24-18(27)29-14;3-2(4,5)1(6)7/h8-12H,4-7H2,1-3H3,(H,23,26)(H,20,21,22)(H,24,25,27);(H,6,7)/b14-10-;. The van der Waals surface area contributed by atoms with Crippen molar-refractivity contribution in [3.8, 4) is 0 Å². The van der Waals surface area contributed by atoms with Gasteiger partial charge in [-0.05, 0) is 70.4 Å². The van der Waals surface area contributed by atoms with E-state index in [1.165, 1.54) is 0 Å². The number of ether oxygens (including phenoxy) is 1. The third kappa shape index (κ3) is 10.1. The predicted octanol–water partition coefficient (Wildman–Crippen LogP) is 3.68. The minimum Gasteiger partial charge on any atom is -0.475 e. The number of halogens is 3. The lowest BCUT2D eigenvalue weighted by Crippen LogP contribution is -2.42. The number of carboxylic acid groups (broad SMARTS) is 1. The zero-order chi connectivity index (χ0) is 27.1. The largest absolute Gasteiger partial charge is 0.490 e. The summed E-state index contributed by atoms with van der Waals surface area (Å²) in [6.07, 6.45) is 1.10. The molecule has 1 aromatic heterocycles. The normalized spacial score (nSPS) is 21.2. The second-order valence-corrected chi connectivity index (χ2v) is 9.81. The lowest BCUT2D eigenvalue weighted by atomic mass is 9.91. The lowest BCUT2D eigenvalue weighted by molar-refractivity contribution is -0.192. The van der Waals surface area contributed by atoms with Gasteiger partial charge in [0.05, 0.1) is 10.6 Å². The third-order valence-electron chi connectivity index (χ3n) is 4.62. The van der Waals surface area contributed by atoms with E-state index in [4.69, 9.17) is 14.6 Å². The van der Waals surface area contributed by atoms with Crippen molar-refractivity contribution < 1.29 is 42.2 Å². The Morgan fingerprint density at radius 1 is 1.17 bits per heavy atom. The van der Waals surface area contributed by atoms with Crippen molar-refractivity contribution in [2.45, 2.75) is 70.3 Å². The molecule has 1 aromatic rings. The van der Waals surface area contributed by atoms with Gasteiger partial charge in [-0.2, -0.15) is 13.2 Å². The molecule has 1 aliphatic carbocycles. The summed E-state index contributed by atoms with van der Waals surface area (Å²) in [5, 5.41) is 15.2. The van der Waals surface area contributed by atoms with Gasteiger partial charge in [0.2, 0.25) is 5.95 Å². The number of nitrogens with one attached hydrogen (secondary N) is 3. The number of anilines is 1. The molecule has 0 bridgehead atoms. The maximum atomic E-state index is 11.9. The minimum atomic E-state index is -5.08. The van der Waals surface area contributed by atoms with E-state index >= 15 is 0 Å². The number of aliphatic carboxylic acids is 1. The van der Waals surface area contributed by atoms with Crippen LogP contribution in [0.5, 0.6) is 0 Å². The zero-order valence-corrected chi connectivity index (χ0v) is 20.5. The number of alkyl halides is 3. The van der Waals surface area contributed by atoms with Crippen LogP contribution in [0.4, 0.5) is 28.7 Å². The summed E-state index contributed by atoms with van der Waals surface area (Å²) < 4.78 is 37.0. The molecule has 4 N–H and O–H groups in total. The van der Waals surface area contributed by atoms with E-state index in [-0.39, 0.29) is 23.4 Å². The molecule has 198 valence electrons. The molecule has 3 rings (SSSR count). The number of carboxylic acids is 1. The third-order valence-corrected chi connectivity index (χ3v) is 5.43. The van der Waals surface area contributed by atoms with Gasteiger partial charge in [-0.25, -0.2) is 19.6 Å². The molecule has 2 fully saturated rings. The molecular formula is C21H26F3N5O6S. The van der Waals surface area contributed by atoms with Crippen molar-refractivity contribution in [1.29, 1.82) is 0 Å². The van der Waals surface area contributed by atoms with Crippen molar-refractivity contribution in [3.05, 3.63) is 22.9 Å². The molecule has 2 heterocycles. The molecule has 11 nitrogen and oxygen atoms in total. The average molecular weight is 534 g/mol. The molecule has 15 heteroatoms. The van der Waals surface area contributed by atoms with Crippen LogP contribution in [0.3, 0.4) is 0 Å². The maximum absolute atomic E-state index is 11.9. The second kappa shape index (κ2) is 12.1. The molecule has 1 saturated carbocycles. The smallest absolute Gasteiger partial charge is 0.475 e. The van der Waals surface area contributed by atoms with E-state index in [9.17, 15) is 27.6 Å². The molecule has 3 amide bonds. The first-order valence-corrected chi connectivity index (χ1v) is 11.6. The highest BCUT2D eigenvalue weighted by Crippen LogP contribution is 2.26. The van der Waals surface area contributed by atoms with Crippen LogP contribution in [-0.2, 0) is 14.3 Å². The van der Waals surface area contributed by atoms with E-state index in [2.05, 4.69) is 25.9 Å². The number of carbonyl (C=O) groups is 4. The van der Waals surface area contributed by atoms with Crippen LogP contribution in [0.2, 0.25) is 0 Å². The van der Waals surface area contributed by atoms with E-state index in [0.717, 1.165) is 37.4 Å². The van der Waals surface area contributed by atoms with Crippen LogP contribution in [0.25, 0.3) is 6.08 Å². The van der Waals surface area contributed by atoms with Crippen LogP contribution < -0.4 is 16.0 Å². The van der Waals surface area contributed by atoms with Crippen LogP contribution in [0.1, 0.15) is 52.1 Å². The van der Waals surface area contributed by atoms with Gasteiger partial charge < -0.3 is 20.5 Å². The Labute approximate surface area is 208 Å². The minimum absolute atomic E-state index is 0.0929. The highest BCUT2D eigenvalue weighted by molar-refractivity contribution is 8.18. The van der Waals surface area contributed by atoms with Crippen molar-refractivity contribution in [1.82, 2.24) is 20.6 Å². The topological polar surface area (TPSA) is 160 Å². The first kappa shape index (κ1) is 28.9. The second-order valence-electron chi connectivity index (χ2n) is 8.80. The summed E-state index contributed by atoms with van der Waals surface area (Å²) in [4.78, 5) is 52.7. The number of rotatable bonds is 4. The van der Waals surface area contributed by atoms with Crippen molar-refractivity contribution in [2.24, 2.45) is 0 Å². The molecular weight excluding hydrogens is 507 g/mol. The molecule has 0 radical (unpaired) electrons. The number of nitrogens with zero attached hydrogens (tertiary/aromatic N) is 2. The number of hydrogen-bond donors (Lipinski definition) is 4. The average Bonchev–Trinajstić information content (AvgIpc) is 3.04. The summed E-state index contributed by atoms with van der Waals surface area (Å²) in [5.41, 5.74) is 0.0426. The van der Waals surface area contributed by atoms with Gasteiger partial charge in [-0.1, -0.05) is 0 Å². The number of imide groups is 1. The van der Waals surface area contributed by atoms with E-state index in [1.807, 2.05) is 20.8 Å². The lowest BCUT2D eigenvalue weighted by Gasteiger charge is -2.30. The molecule has 1 saturated heterocycles. The fourth-order valence-corrected chi connectivity index (χ4v) is 3.78. The number of thioether (sulfide) groups is 1. The molecule has 1 aliphatic heterocycles. The van der Waals surface area contributed by atoms with Crippen LogP contribution in [0.15, 0.2) is 17.2 Å². The van der Waals surface area contributed by atoms with Crippen molar-refractivity contribution >= 4 is 47.0 Å².